The second-order valence-corrected chi connectivity index (χ2v) is 6.05. The van der Waals surface area contributed by atoms with Crippen molar-refractivity contribution in [3.8, 4) is 0 Å². The van der Waals surface area contributed by atoms with E-state index in [9.17, 15) is 4.79 Å². The molecular formula is C15H24N2OS. The third kappa shape index (κ3) is 6.12. The lowest BCUT2D eigenvalue weighted by atomic mass is 10.0. The Labute approximate surface area is 120 Å². The number of hydrogen-bond acceptors (Lipinski definition) is 3. The first-order valence-electron chi connectivity index (χ1n) is 6.69. The monoisotopic (exact) mass is 280 g/mol. The van der Waals surface area contributed by atoms with Crippen LogP contribution < -0.4 is 10.6 Å². The lowest BCUT2D eigenvalue weighted by molar-refractivity contribution is -0.118. The fourth-order valence-corrected chi connectivity index (χ4v) is 2.25. The van der Waals surface area contributed by atoms with Crippen LogP contribution in [0.25, 0.3) is 0 Å². The van der Waals surface area contributed by atoms with E-state index in [0.29, 0.717) is 24.3 Å². The molecule has 1 amide bonds. The van der Waals surface area contributed by atoms with Crippen molar-refractivity contribution >= 4 is 17.7 Å². The summed E-state index contributed by atoms with van der Waals surface area (Å²) in [7, 11) is 1.89. The molecule has 1 rings (SSSR count). The van der Waals surface area contributed by atoms with Gasteiger partial charge < -0.3 is 10.6 Å². The van der Waals surface area contributed by atoms with E-state index >= 15 is 0 Å². The molecule has 4 heteroatoms. The quantitative estimate of drug-likeness (QED) is 0.754. The van der Waals surface area contributed by atoms with E-state index in [1.807, 2.05) is 14.0 Å². The van der Waals surface area contributed by atoms with Gasteiger partial charge in [0.1, 0.15) is 0 Å². The zero-order valence-corrected chi connectivity index (χ0v) is 13.0. The first-order chi connectivity index (χ1) is 9.02. The first-order valence-corrected chi connectivity index (χ1v) is 7.68. The fourth-order valence-electron chi connectivity index (χ4n) is 1.52. The van der Waals surface area contributed by atoms with Crippen molar-refractivity contribution in [2.45, 2.75) is 37.6 Å². The molecule has 0 aliphatic carbocycles. The van der Waals surface area contributed by atoms with Gasteiger partial charge in [0.2, 0.25) is 5.91 Å². The minimum atomic E-state index is 0.0834. The molecule has 1 aromatic carbocycles. The van der Waals surface area contributed by atoms with Crippen LogP contribution in [0.4, 0.5) is 0 Å². The minimum absolute atomic E-state index is 0.0834. The molecule has 0 heterocycles. The van der Waals surface area contributed by atoms with Gasteiger partial charge in [0.05, 0.1) is 5.75 Å². The molecule has 0 fully saturated rings. The Kier molecular flexibility index (Phi) is 6.95. The summed E-state index contributed by atoms with van der Waals surface area (Å²) in [5.41, 5.74) is 1.33. The van der Waals surface area contributed by atoms with Gasteiger partial charge in [-0.2, -0.15) is 0 Å². The van der Waals surface area contributed by atoms with Gasteiger partial charge in [0, 0.05) is 17.5 Å². The number of nitrogens with one attached hydrogen (secondary N) is 2. The Hall–Kier alpha value is -1.00. The number of carbonyl (C=O) groups is 1. The van der Waals surface area contributed by atoms with Crippen LogP contribution in [0.2, 0.25) is 0 Å². The molecule has 0 spiro atoms. The lowest BCUT2D eigenvalue weighted by Gasteiger charge is -2.11. The maximum absolute atomic E-state index is 11.7. The van der Waals surface area contributed by atoms with Gasteiger partial charge in [-0.15, -0.1) is 11.8 Å². The van der Waals surface area contributed by atoms with Crippen molar-refractivity contribution in [2.75, 3.05) is 19.3 Å². The van der Waals surface area contributed by atoms with E-state index in [0.717, 1.165) is 4.90 Å². The number of hydrogen-bond donors (Lipinski definition) is 2. The molecule has 106 valence electrons. The van der Waals surface area contributed by atoms with Crippen molar-refractivity contribution < 1.29 is 4.79 Å². The van der Waals surface area contributed by atoms with E-state index < -0.39 is 0 Å². The Balaban J connectivity index is 2.33. The van der Waals surface area contributed by atoms with Gasteiger partial charge in [-0.1, -0.05) is 26.0 Å². The zero-order chi connectivity index (χ0) is 14.3. The van der Waals surface area contributed by atoms with Gasteiger partial charge in [-0.25, -0.2) is 0 Å². The minimum Gasteiger partial charge on any atom is -0.354 e. The highest BCUT2D eigenvalue weighted by atomic mass is 32.2. The highest BCUT2D eigenvalue weighted by molar-refractivity contribution is 8.00. The molecule has 0 aliphatic heterocycles. The van der Waals surface area contributed by atoms with Crippen LogP contribution in [0.3, 0.4) is 0 Å². The van der Waals surface area contributed by atoms with E-state index in [1.54, 1.807) is 11.8 Å². The van der Waals surface area contributed by atoms with Crippen LogP contribution in [-0.2, 0) is 4.79 Å². The van der Waals surface area contributed by atoms with Crippen LogP contribution in [0.5, 0.6) is 0 Å². The summed E-state index contributed by atoms with van der Waals surface area (Å²) in [5.74, 6) is 1.10. The largest absolute Gasteiger partial charge is 0.354 e. The summed E-state index contributed by atoms with van der Waals surface area (Å²) >= 11 is 1.58. The Morgan fingerprint density at radius 3 is 2.37 bits per heavy atom. The summed E-state index contributed by atoms with van der Waals surface area (Å²) in [6, 6.07) is 8.74. The van der Waals surface area contributed by atoms with Gasteiger partial charge >= 0.3 is 0 Å². The van der Waals surface area contributed by atoms with Crippen molar-refractivity contribution in [3.63, 3.8) is 0 Å². The average molecular weight is 280 g/mol. The topological polar surface area (TPSA) is 41.1 Å². The highest BCUT2D eigenvalue weighted by Gasteiger charge is 2.05. The smallest absolute Gasteiger partial charge is 0.230 e. The second-order valence-electron chi connectivity index (χ2n) is 5.01. The molecular weight excluding hydrogens is 256 g/mol. The maximum atomic E-state index is 11.7. The third-order valence-electron chi connectivity index (χ3n) is 3.01. The van der Waals surface area contributed by atoms with Crippen molar-refractivity contribution in [3.05, 3.63) is 29.8 Å². The summed E-state index contributed by atoms with van der Waals surface area (Å²) in [5, 5.41) is 6.00. The first kappa shape index (κ1) is 16.1. The fraction of sp³-hybridized carbons (Fsp3) is 0.533. The molecule has 1 unspecified atom stereocenters. The average Bonchev–Trinajstić information content (AvgIpc) is 2.42. The van der Waals surface area contributed by atoms with Crippen LogP contribution in [0.1, 0.15) is 32.3 Å². The van der Waals surface area contributed by atoms with E-state index in [-0.39, 0.29) is 5.91 Å². The molecule has 0 aliphatic rings. The third-order valence-corrected chi connectivity index (χ3v) is 4.03. The SMILES string of the molecule is CNC(C)CNC(=O)CSc1ccc(C(C)C)cc1. The van der Waals surface area contributed by atoms with Gasteiger partial charge in [0.25, 0.3) is 0 Å². The number of carbonyl (C=O) groups excluding carboxylic acids is 1. The predicted octanol–water partition coefficient (Wildman–Crippen LogP) is 2.63. The normalized spacial score (nSPS) is 12.5. The van der Waals surface area contributed by atoms with Crippen LogP contribution in [0.15, 0.2) is 29.2 Å². The molecule has 19 heavy (non-hydrogen) atoms. The highest BCUT2D eigenvalue weighted by Crippen LogP contribution is 2.21. The molecule has 0 radical (unpaired) electrons. The molecule has 3 nitrogen and oxygen atoms in total. The summed E-state index contributed by atoms with van der Waals surface area (Å²) in [6.07, 6.45) is 0. The number of likely N-dealkylation sites (N-methyl/N-ethyl adjacent to an activating group) is 1. The van der Waals surface area contributed by atoms with Gasteiger partial charge in [0.15, 0.2) is 0 Å². The van der Waals surface area contributed by atoms with Crippen molar-refractivity contribution in [1.82, 2.24) is 10.6 Å². The zero-order valence-electron chi connectivity index (χ0n) is 12.2. The molecule has 0 saturated carbocycles. The molecule has 1 atom stereocenters. The molecule has 1 aromatic rings. The second kappa shape index (κ2) is 8.23. The van der Waals surface area contributed by atoms with E-state index in [4.69, 9.17) is 0 Å². The van der Waals surface area contributed by atoms with Crippen molar-refractivity contribution in [2.24, 2.45) is 0 Å². The molecule has 2 N–H and O–H groups in total. The van der Waals surface area contributed by atoms with Crippen LogP contribution in [-0.4, -0.2) is 31.3 Å². The van der Waals surface area contributed by atoms with Crippen molar-refractivity contribution in [1.29, 1.82) is 0 Å². The molecule has 0 aromatic heterocycles. The number of amides is 1. The predicted molar refractivity (Wildman–Crippen MR) is 82.8 cm³/mol. The lowest BCUT2D eigenvalue weighted by Crippen LogP contribution is -2.37. The van der Waals surface area contributed by atoms with Gasteiger partial charge in [-0.05, 0) is 37.6 Å². The Bertz CT molecular complexity index is 390. The number of benzene rings is 1. The molecule has 0 bridgehead atoms. The number of thioether (sulfide) groups is 1. The Morgan fingerprint density at radius 2 is 1.84 bits per heavy atom. The summed E-state index contributed by atoms with van der Waals surface area (Å²) < 4.78 is 0. The summed E-state index contributed by atoms with van der Waals surface area (Å²) in [6.45, 7) is 7.07. The van der Waals surface area contributed by atoms with E-state index in [1.165, 1.54) is 5.56 Å². The standard InChI is InChI=1S/C15H24N2OS/c1-11(2)13-5-7-14(8-6-13)19-10-15(18)17-9-12(3)16-4/h5-8,11-12,16H,9-10H2,1-4H3,(H,17,18). The molecule has 0 saturated heterocycles. The van der Waals surface area contributed by atoms with Crippen LogP contribution in [0, 0.1) is 0 Å². The summed E-state index contributed by atoms with van der Waals surface area (Å²) in [4.78, 5) is 12.8. The Morgan fingerprint density at radius 1 is 1.21 bits per heavy atom. The maximum Gasteiger partial charge on any atom is 0.230 e. The van der Waals surface area contributed by atoms with Gasteiger partial charge in [-0.3, -0.25) is 4.79 Å². The van der Waals surface area contributed by atoms with E-state index in [2.05, 4.69) is 48.7 Å². The van der Waals surface area contributed by atoms with Crippen LogP contribution >= 0.6 is 11.8 Å². The number of rotatable bonds is 7.